The van der Waals surface area contributed by atoms with Gasteiger partial charge in [-0.05, 0) is 43.5 Å². The third-order valence-corrected chi connectivity index (χ3v) is 4.52. The molecule has 2 N–H and O–H groups in total. The third kappa shape index (κ3) is 6.03. The van der Waals surface area contributed by atoms with Crippen molar-refractivity contribution in [2.45, 2.75) is 27.2 Å². The van der Waals surface area contributed by atoms with E-state index in [0.717, 1.165) is 28.4 Å². The fourth-order valence-corrected chi connectivity index (χ4v) is 2.90. The molecule has 0 aliphatic carbocycles. The van der Waals surface area contributed by atoms with Crippen LogP contribution in [-0.2, 0) is 6.42 Å². The van der Waals surface area contributed by atoms with E-state index in [1.165, 1.54) is 16.9 Å². The third-order valence-electron chi connectivity index (χ3n) is 3.68. The summed E-state index contributed by atoms with van der Waals surface area (Å²) in [6, 6.07) is 4.20. The SMILES string of the molecule is CCN(C)C=Nc1cc(C)c(Cc2nc(NC(=O)O)cs2)cc1C.Cl. The van der Waals surface area contributed by atoms with Crippen molar-refractivity contribution in [2.24, 2.45) is 4.99 Å². The number of rotatable bonds is 6. The summed E-state index contributed by atoms with van der Waals surface area (Å²) in [5.41, 5.74) is 4.39. The lowest BCUT2D eigenvalue weighted by molar-refractivity contribution is 0.209. The summed E-state index contributed by atoms with van der Waals surface area (Å²) >= 11 is 1.45. The minimum atomic E-state index is -1.10. The van der Waals surface area contributed by atoms with Gasteiger partial charge in [0.05, 0.1) is 17.0 Å². The van der Waals surface area contributed by atoms with Crippen molar-refractivity contribution in [3.05, 3.63) is 39.2 Å². The Morgan fingerprint density at radius 3 is 2.76 bits per heavy atom. The van der Waals surface area contributed by atoms with E-state index >= 15 is 0 Å². The number of benzene rings is 1. The highest BCUT2D eigenvalue weighted by molar-refractivity contribution is 7.10. The second kappa shape index (κ2) is 9.39. The summed E-state index contributed by atoms with van der Waals surface area (Å²) in [7, 11) is 1.99. The Labute approximate surface area is 158 Å². The van der Waals surface area contributed by atoms with Gasteiger partial charge >= 0.3 is 6.09 Å². The highest BCUT2D eigenvalue weighted by atomic mass is 35.5. The molecule has 6 nitrogen and oxygen atoms in total. The molecular weight excluding hydrogens is 360 g/mol. The van der Waals surface area contributed by atoms with E-state index in [0.29, 0.717) is 12.2 Å². The standard InChI is InChI=1S/C17H22N4O2S.ClH/c1-5-21(4)10-18-14-7-11(2)13(6-12(14)3)8-16-19-15(9-24-16)20-17(22)23;/h6-7,9-10,20H,5,8H2,1-4H3,(H,22,23);1H. The van der Waals surface area contributed by atoms with E-state index in [-0.39, 0.29) is 12.4 Å². The number of hydrogen-bond donors (Lipinski definition) is 2. The fourth-order valence-electron chi connectivity index (χ4n) is 2.15. The zero-order valence-corrected chi connectivity index (χ0v) is 16.4. The summed E-state index contributed by atoms with van der Waals surface area (Å²) in [6.45, 7) is 7.09. The van der Waals surface area contributed by atoms with Gasteiger partial charge in [0.25, 0.3) is 0 Å². The molecule has 2 rings (SSSR count). The Hall–Kier alpha value is -2.12. The number of aromatic nitrogens is 1. The molecule has 1 heterocycles. The molecule has 1 aromatic carbocycles. The Bertz CT molecular complexity index is 761. The second-order valence-electron chi connectivity index (χ2n) is 5.62. The summed E-state index contributed by atoms with van der Waals surface area (Å²) in [5, 5.41) is 13.6. The Morgan fingerprint density at radius 2 is 2.12 bits per heavy atom. The molecule has 0 aliphatic heterocycles. The lowest BCUT2D eigenvalue weighted by atomic mass is 10.0. The van der Waals surface area contributed by atoms with Crippen molar-refractivity contribution in [1.29, 1.82) is 0 Å². The summed E-state index contributed by atoms with van der Waals surface area (Å²) in [6.07, 6.45) is 1.42. The minimum Gasteiger partial charge on any atom is -0.465 e. The van der Waals surface area contributed by atoms with Gasteiger partial charge in [0.2, 0.25) is 0 Å². The Kier molecular flexibility index (Phi) is 7.86. The van der Waals surface area contributed by atoms with E-state index in [9.17, 15) is 4.79 Å². The number of amides is 1. The smallest absolute Gasteiger partial charge is 0.410 e. The van der Waals surface area contributed by atoms with Crippen LogP contribution in [0.4, 0.5) is 16.3 Å². The van der Waals surface area contributed by atoms with E-state index < -0.39 is 6.09 Å². The van der Waals surface area contributed by atoms with Crippen LogP contribution in [0.1, 0.15) is 28.6 Å². The molecule has 1 amide bonds. The van der Waals surface area contributed by atoms with Gasteiger partial charge in [-0.15, -0.1) is 23.7 Å². The van der Waals surface area contributed by atoms with Gasteiger partial charge in [-0.25, -0.2) is 14.8 Å². The lowest BCUT2D eigenvalue weighted by Crippen LogP contribution is -2.14. The maximum atomic E-state index is 10.6. The molecule has 0 spiro atoms. The first kappa shape index (κ1) is 20.9. The normalized spacial score (nSPS) is 10.6. The molecule has 1 aromatic heterocycles. The van der Waals surface area contributed by atoms with Crippen LogP contribution in [0.3, 0.4) is 0 Å². The zero-order valence-electron chi connectivity index (χ0n) is 14.7. The molecule has 2 aromatic rings. The monoisotopic (exact) mass is 382 g/mol. The molecule has 25 heavy (non-hydrogen) atoms. The topological polar surface area (TPSA) is 77.8 Å². The molecule has 0 fully saturated rings. The van der Waals surface area contributed by atoms with Crippen molar-refractivity contribution in [1.82, 2.24) is 9.88 Å². The molecule has 0 bridgehead atoms. The van der Waals surface area contributed by atoms with Gasteiger partial charge in [0.15, 0.2) is 0 Å². The van der Waals surface area contributed by atoms with Crippen LogP contribution in [0, 0.1) is 13.8 Å². The number of anilines is 1. The number of nitrogens with zero attached hydrogens (tertiary/aromatic N) is 3. The molecule has 0 unspecified atom stereocenters. The van der Waals surface area contributed by atoms with Crippen LogP contribution >= 0.6 is 23.7 Å². The first-order valence-electron chi connectivity index (χ1n) is 7.68. The maximum absolute atomic E-state index is 10.6. The summed E-state index contributed by atoms with van der Waals surface area (Å²) in [5.74, 6) is 0.376. The van der Waals surface area contributed by atoms with Crippen LogP contribution < -0.4 is 5.32 Å². The first-order valence-corrected chi connectivity index (χ1v) is 8.56. The van der Waals surface area contributed by atoms with Gasteiger partial charge < -0.3 is 10.0 Å². The first-order chi connectivity index (χ1) is 11.4. The van der Waals surface area contributed by atoms with Crippen LogP contribution in [0.15, 0.2) is 22.5 Å². The zero-order chi connectivity index (χ0) is 17.7. The molecule has 0 atom stereocenters. The predicted molar refractivity (Wildman–Crippen MR) is 106 cm³/mol. The van der Waals surface area contributed by atoms with Crippen molar-refractivity contribution < 1.29 is 9.90 Å². The van der Waals surface area contributed by atoms with E-state index in [2.05, 4.69) is 41.3 Å². The van der Waals surface area contributed by atoms with Gasteiger partial charge in [-0.1, -0.05) is 6.07 Å². The highest BCUT2D eigenvalue weighted by Crippen LogP contribution is 2.26. The largest absolute Gasteiger partial charge is 0.465 e. The fraction of sp³-hybridized carbons (Fsp3) is 0.353. The van der Waals surface area contributed by atoms with Crippen LogP contribution in [0.25, 0.3) is 0 Å². The Balaban J connectivity index is 0.00000312. The molecule has 136 valence electrons. The number of aliphatic imine (C=N–C) groups is 1. The van der Waals surface area contributed by atoms with Gasteiger partial charge in [-0.3, -0.25) is 5.32 Å². The average Bonchev–Trinajstić information content (AvgIpc) is 2.95. The number of carboxylic acid groups (broad SMARTS) is 1. The van der Waals surface area contributed by atoms with Gasteiger partial charge in [0.1, 0.15) is 5.82 Å². The number of carbonyl (C=O) groups is 1. The van der Waals surface area contributed by atoms with E-state index in [4.69, 9.17) is 5.11 Å². The quantitative estimate of drug-likeness (QED) is 0.570. The summed E-state index contributed by atoms with van der Waals surface area (Å²) in [4.78, 5) is 21.5. The second-order valence-corrected chi connectivity index (χ2v) is 6.56. The number of aryl methyl sites for hydroxylation is 2. The number of nitrogens with one attached hydrogen (secondary N) is 1. The van der Waals surface area contributed by atoms with E-state index in [1.807, 2.05) is 25.2 Å². The molecular formula is C17H23ClN4O2S. The van der Waals surface area contributed by atoms with Crippen LogP contribution in [0.2, 0.25) is 0 Å². The highest BCUT2D eigenvalue weighted by Gasteiger charge is 2.09. The molecule has 0 saturated heterocycles. The Morgan fingerprint density at radius 1 is 1.40 bits per heavy atom. The number of hydrogen-bond acceptors (Lipinski definition) is 4. The number of thiazole rings is 1. The number of halogens is 1. The molecule has 8 heteroatoms. The molecule has 0 radical (unpaired) electrons. The average molecular weight is 383 g/mol. The van der Waals surface area contributed by atoms with Crippen LogP contribution in [0.5, 0.6) is 0 Å². The molecule has 0 saturated carbocycles. The predicted octanol–water partition coefficient (Wildman–Crippen LogP) is 4.47. The van der Waals surface area contributed by atoms with Crippen molar-refractivity contribution >= 4 is 47.7 Å². The van der Waals surface area contributed by atoms with Crippen molar-refractivity contribution in [3.63, 3.8) is 0 Å². The maximum Gasteiger partial charge on any atom is 0.410 e. The lowest BCUT2D eigenvalue weighted by Gasteiger charge is -2.11. The van der Waals surface area contributed by atoms with Gasteiger partial charge in [0, 0.05) is 25.4 Å². The van der Waals surface area contributed by atoms with Gasteiger partial charge in [-0.2, -0.15) is 0 Å². The van der Waals surface area contributed by atoms with Crippen LogP contribution in [-0.4, -0.2) is 41.0 Å². The van der Waals surface area contributed by atoms with Crippen molar-refractivity contribution in [2.75, 3.05) is 18.9 Å². The minimum absolute atomic E-state index is 0. The van der Waals surface area contributed by atoms with Crippen molar-refractivity contribution in [3.8, 4) is 0 Å². The van der Waals surface area contributed by atoms with E-state index in [1.54, 1.807) is 5.38 Å². The molecule has 0 aliphatic rings. The summed E-state index contributed by atoms with van der Waals surface area (Å²) < 4.78 is 0.